The Balaban J connectivity index is 1.79. The quantitative estimate of drug-likeness (QED) is 0.698. The number of aromatic nitrogens is 2. The first-order chi connectivity index (χ1) is 13.1. The molecule has 0 aliphatic rings. The Morgan fingerprint density at radius 1 is 1.22 bits per heavy atom. The number of amides is 1. The lowest BCUT2D eigenvalue weighted by molar-refractivity contribution is -0.121. The van der Waals surface area contributed by atoms with E-state index >= 15 is 0 Å². The molecule has 3 rings (SSSR count). The lowest BCUT2D eigenvalue weighted by Crippen LogP contribution is -2.31. The number of para-hydroxylation sites is 1. The van der Waals surface area contributed by atoms with Crippen molar-refractivity contribution >= 4 is 5.91 Å². The van der Waals surface area contributed by atoms with Crippen LogP contribution in [-0.2, 0) is 18.3 Å². The number of hydrogen-bond donors (Lipinski definition) is 1. The second-order valence-electron chi connectivity index (χ2n) is 6.63. The average Bonchev–Trinajstić information content (AvgIpc) is 3.10. The predicted octanol–water partition coefficient (Wildman–Crippen LogP) is 3.58. The number of methoxy groups -OCH3 is 1. The van der Waals surface area contributed by atoms with Crippen LogP contribution in [0.15, 0.2) is 60.9 Å². The van der Waals surface area contributed by atoms with Gasteiger partial charge in [0.1, 0.15) is 17.6 Å². The molecule has 0 fully saturated rings. The lowest BCUT2D eigenvalue weighted by Gasteiger charge is -2.21. The Morgan fingerprint density at radius 3 is 2.74 bits per heavy atom. The van der Waals surface area contributed by atoms with Crippen LogP contribution in [0.2, 0.25) is 0 Å². The maximum absolute atomic E-state index is 12.7. The number of hydrogen-bond acceptors (Lipinski definition) is 3. The van der Waals surface area contributed by atoms with Crippen molar-refractivity contribution in [1.82, 2.24) is 14.9 Å². The summed E-state index contributed by atoms with van der Waals surface area (Å²) in [6.07, 6.45) is 4.72. The third-order valence-corrected chi connectivity index (χ3v) is 4.60. The zero-order valence-corrected chi connectivity index (χ0v) is 16.0. The zero-order valence-electron chi connectivity index (χ0n) is 16.0. The minimum Gasteiger partial charge on any atom is -0.496 e. The largest absolute Gasteiger partial charge is 0.496 e. The first-order valence-corrected chi connectivity index (χ1v) is 9.03. The number of rotatable bonds is 7. The molecule has 140 valence electrons. The molecule has 0 saturated carbocycles. The molecular weight excluding hydrogens is 338 g/mol. The van der Waals surface area contributed by atoms with Crippen LogP contribution in [0.3, 0.4) is 0 Å². The molecule has 0 bridgehead atoms. The van der Waals surface area contributed by atoms with Gasteiger partial charge < -0.3 is 14.6 Å². The number of carbonyl (C=O) groups excluding carboxylic acids is 1. The first-order valence-electron chi connectivity index (χ1n) is 9.03. The normalized spacial score (nSPS) is 11.8. The highest BCUT2D eigenvalue weighted by Gasteiger charge is 2.23. The summed E-state index contributed by atoms with van der Waals surface area (Å²) in [6, 6.07) is 15.6. The molecule has 0 aliphatic carbocycles. The van der Waals surface area contributed by atoms with Gasteiger partial charge in [-0.1, -0.05) is 48.0 Å². The van der Waals surface area contributed by atoms with Gasteiger partial charge in [-0.05, 0) is 25.0 Å². The zero-order chi connectivity index (χ0) is 19.2. The fraction of sp³-hybridized carbons (Fsp3) is 0.273. The lowest BCUT2D eigenvalue weighted by atomic mass is 10.0. The molecule has 5 heteroatoms. The van der Waals surface area contributed by atoms with Crippen LogP contribution >= 0.6 is 0 Å². The van der Waals surface area contributed by atoms with Crippen molar-refractivity contribution in [2.45, 2.75) is 25.8 Å². The molecule has 2 aromatic carbocycles. The standard InChI is InChI=1S/C22H25N3O2/c1-16-7-6-8-17(15-16)11-12-20(26)24-21(22-23-13-14-25(22)2)18-9-4-5-10-19(18)27-3/h4-10,13-15,21H,11-12H2,1-3H3,(H,24,26). The summed E-state index contributed by atoms with van der Waals surface area (Å²) in [5.74, 6) is 1.48. The molecule has 1 atom stereocenters. The topological polar surface area (TPSA) is 56.1 Å². The molecule has 1 heterocycles. The van der Waals surface area contributed by atoms with E-state index < -0.39 is 0 Å². The summed E-state index contributed by atoms with van der Waals surface area (Å²) < 4.78 is 7.41. The molecule has 1 aromatic heterocycles. The summed E-state index contributed by atoms with van der Waals surface area (Å²) in [6.45, 7) is 2.06. The molecule has 3 aromatic rings. The van der Waals surface area contributed by atoms with Crippen LogP contribution < -0.4 is 10.1 Å². The molecule has 0 aliphatic heterocycles. The van der Waals surface area contributed by atoms with Gasteiger partial charge in [-0.3, -0.25) is 4.79 Å². The van der Waals surface area contributed by atoms with Gasteiger partial charge in [0.15, 0.2) is 0 Å². The Hall–Kier alpha value is -3.08. The van der Waals surface area contributed by atoms with E-state index in [1.807, 2.05) is 48.1 Å². The Kier molecular flexibility index (Phi) is 5.91. The number of benzene rings is 2. The minimum absolute atomic E-state index is 0.0181. The van der Waals surface area contributed by atoms with Crippen molar-refractivity contribution in [2.75, 3.05) is 7.11 Å². The second kappa shape index (κ2) is 8.54. The summed E-state index contributed by atoms with van der Waals surface area (Å²) >= 11 is 0. The number of imidazole rings is 1. The third-order valence-electron chi connectivity index (χ3n) is 4.60. The fourth-order valence-corrected chi connectivity index (χ4v) is 3.20. The molecule has 0 spiro atoms. The Bertz CT molecular complexity index is 917. The van der Waals surface area contributed by atoms with Crippen LogP contribution in [0.4, 0.5) is 0 Å². The van der Waals surface area contributed by atoms with Crippen molar-refractivity contribution in [3.05, 3.63) is 83.4 Å². The first kappa shape index (κ1) is 18.7. The number of nitrogens with zero attached hydrogens (tertiary/aromatic N) is 2. The minimum atomic E-state index is -0.369. The number of ether oxygens (including phenoxy) is 1. The van der Waals surface area contributed by atoms with Gasteiger partial charge in [0, 0.05) is 31.4 Å². The van der Waals surface area contributed by atoms with Gasteiger partial charge in [0.05, 0.1) is 7.11 Å². The van der Waals surface area contributed by atoms with Crippen molar-refractivity contribution in [3.8, 4) is 5.75 Å². The summed E-state index contributed by atoms with van der Waals surface area (Å²) in [7, 11) is 3.55. The van der Waals surface area contributed by atoms with Gasteiger partial charge >= 0.3 is 0 Å². The average molecular weight is 363 g/mol. The molecule has 1 amide bonds. The highest BCUT2D eigenvalue weighted by Crippen LogP contribution is 2.29. The highest BCUT2D eigenvalue weighted by atomic mass is 16.5. The van der Waals surface area contributed by atoms with E-state index in [2.05, 4.69) is 35.4 Å². The van der Waals surface area contributed by atoms with Crippen LogP contribution in [0, 0.1) is 6.92 Å². The maximum atomic E-state index is 12.7. The maximum Gasteiger partial charge on any atom is 0.221 e. The monoisotopic (exact) mass is 363 g/mol. The molecule has 1 unspecified atom stereocenters. The van der Waals surface area contributed by atoms with Crippen LogP contribution in [0.1, 0.15) is 35.0 Å². The molecule has 1 N–H and O–H groups in total. The Labute approximate surface area is 160 Å². The van der Waals surface area contributed by atoms with E-state index in [1.54, 1.807) is 13.3 Å². The third kappa shape index (κ3) is 4.56. The molecule has 5 nitrogen and oxygen atoms in total. The van der Waals surface area contributed by atoms with Gasteiger partial charge in [-0.2, -0.15) is 0 Å². The Morgan fingerprint density at radius 2 is 2.04 bits per heavy atom. The van der Waals surface area contributed by atoms with E-state index in [0.29, 0.717) is 12.8 Å². The van der Waals surface area contributed by atoms with E-state index in [0.717, 1.165) is 22.7 Å². The van der Waals surface area contributed by atoms with E-state index in [1.165, 1.54) is 5.56 Å². The fourth-order valence-electron chi connectivity index (χ4n) is 3.20. The number of nitrogens with one attached hydrogen (secondary N) is 1. The highest BCUT2D eigenvalue weighted by molar-refractivity contribution is 5.77. The number of carbonyl (C=O) groups is 1. The van der Waals surface area contributed by atoms with Gasteiger partial charge in [0.2, 0.25) is 5.91 Å². The summed E-state index contributed by atoms with van der Waals surface area (Å²) in [5.41, 5.74) is 3.25. The van der Waals surface area contributed by atoms with E-state index in [9.17, 15) is 4.79 Å². The van der Waals surface area contributed by atoms with Crippen molar-refractivity contribution in [3.63, 3.8) is 0 Å². The summed E-state index contributed by atoms with van der Waals surface area (Å²) in [5, 5.41) is 3.13. The molecule has 27 heavy (non-hydrogen) atoms. The van der Waals surface area contributed by atoms with Crippen molar-refractivity contribution in [2.24, 2.45) is 7.05 Å². The predicted molar refractivity (Wildman–Crippen MR) is 106 cm³/mol. The summed E-state index contributed by atoms with van der Waals surface area (Å²) in [4.78, 5) is 17.1. The van der Waals surface area contributed by atoms with E-state index in [-0.39, 0.29) is 11.9 Å². The molecule has 0 radical (unpaired) electrons. The van der Waals surface area contributed by atoms with Crippen LogP contribution in [0.25, 0.3) is 0 Å². The smallest absolute Gasteiger partial charge is 0.221 e. The van der Waals surface area contributed by atoms with E-state index in [4.69, 9.17) is 4.74 Å². The number of aryl methyl sites for hydroxylation is 3. The molecular formula is C22H25N3O2. The van der Waals surface area contributed by atoms with Gasteiger partial charge in [-0.15, -0.1) is 0 Å². The van der Waals surface area contributed by atoms with Crippen molar-refractivity contribution in [1.29, 1.82) is 0 Å². The van der Waals surface area contributed by atoms with Crippen LogP contribution in [0.5, 0.6) is 5.75 Å². The SMILES string of the molecule is COc1ccccc1C(NC(=O)CCc1cccc(C)c1)c1nccn1C. The second-order valence-corrected chi connectivity index (χ2v) is 6.63. The van der Waals surface area contributed by atoms with Crippen molar-refractivity contribution < 1.29 is 9.53 Å². The van der Waals surface area contributed by atoms with Crippen LogP contribution in [-0.4, -0.2) is 22.6 Å². The molecule has 0 saturated heterocycles. The van der Waals surface area contributed by atoms with Gasteiger partial charge in [-0.25, -0.2) is 4.98 Å². The van der Waals surface area contributed by atoms with Gasteiger partial charge in [0.25, 0.3) is 0 Å².